The maximum atomic E-state index is 12.9. The van der Waals surface area contributed by atoms with E-state index in [1.165, 1.54) is 173 Å². The van der Waals surface area contributed by atoms with E-state index in [9.17, 15) is 37.9 Å². The van der Waals surface area contributed by atoms with E-state index < -0.39 is 71.2 Å². The Hall–Kier alpha value is -1.35. The summed E-state index contributed by atoms with van der Waals surface area (Å²) in [6.07, 6.45) is 34.3. The average molecular weight is 921 g/mol. The normalized spacial score (nSPS) is 19.6. The first-order valence-corrected chi connectivity index (χ1v) is 27.7. The van der Waals surface area contributed by atoms with Gasteiger partial charge >= 0.3 is 11.9 Å². The SMILES string of the molecule is CCCCCCCCCCCCCCCCCCCCCC(=O)O[C@H](COC(=O)CCCCCCCCCCCCCCCCCC)CO[C@H]1O[C@H](CS(=O)(=O)O)[C@@H](O)C(O)C1O. The van der Waals surface area contributed by atoms with Crippen LogP contribution in [-0.4, -0.2) is 96.0 Å². The van der Waals surface area contributed by atoms with Crippen LogP contribution in [0.2, 0.25) is 0 Å². The molecule has 0 aromatic heterocycles. The van der Waals surface area contributed by atoms with Crippen LogP contribution in [0.4, 0.5) is 0 Å². The number of esters is 2. The molecule has 0 aromatic carbocycles. The molecule has 1 heterocycles. The largest absolute Gasteiger partial charge is 0.462 e. The monoisotopic (exact) mass is 921 g/mol. The van der Waals surface area contributed by atoms with E-state index in [1.54, 1.807) is 0 Å². The van der Waals surface area contributed by atoms with Crippen LogP contribution in [0, 0.1) is 0 Å². The lowest BCUT2D eigenvalue weighted by Gasteiger charge is -2.40. The summed E-state index contributed by atoms with van der Waals surface area (Å²) in [5.41, 5.74) is 0. The van der Waals surface area contributed by atoms with Gasteiger partial charge in [0.15, 0.2) is 12.4 Å². The van der Waals surface area contributed by atoms with Crippen LogP contribution in [0.5, 0.6) is 0 Å². The third-order valence-corrected chi connectivity index (χ3v) is 13.2. The average Bonchev–Trinajstić information content (AvgIpc) is 3.25. The highest BCUT2D eigenvalue weighted by molar-refractivity contribution is 7.85. The van der Waals surface area contributed by atoms with Crippen LogP contribution >= 0.6 is 0 Å². The number of rotatable bonds is 45. The molecule has 63 heavy (non-hydrogen) atoms. The zero-order valence-corrected chi connectivity index (χ0v) is 41.0. The molecule has 1 fully saturated rings. The van der Waals surface area contributed by atoms with Crippen molar-refractivity contribution >= 4 is 22.1 Å². The molecule has 12 nitrogen and oxygen atoms in total. The van der Waals surface area contributed by atoms with Crippen LogP contribution in [-0.2, 0) is 38.7 Å². The van der Waals surface area contributed by atoms with Gasteiger partial charge in [-0.15, -0.1) is 0 Å². The summed E-state index contributed by atoms with van der Waals surface area (Å²) in [6.45, 7) is 3.81. The van der Waals surface area contributed by atoms with Gasteiger partial charge in [0.05, 0.1) is 6.61 Å². The van der Waals surface area contributed by atoms with E-state index in [0.717, 1.165) is 38.5 Å². The van der Waals surface area contributed by atoms with Crippen molar-refractivity contribution in [1.82, 2.24) is 0 Å². The van der Waals surface area contributed by atoms with E-state index in [0.29, 0.717) is 12.8 Å². The van der Waals surface area contributed by atoms with Gasteiger partial charge in [0.1, 0.15) is 36.8 Å². The highest BCUT2D eigenvalue weighted by Crippen LogP contribution is 2.24. The highest BCUT2D eigenvalue weighted by Gasteiger charge is 2.46. The number of hydrogen-bond donors (Lipinski definition) is 4. The van der Waals surface area contributed by atoms with E-state index in [-0.39, 0.29) is 19.4 Å². The predicted molar refractivity (Wildman–Crippen MR) is 252 cm³/mol. The molecule has 1 rings (SSSR count). The first-order valence-electron chi connectivity index (χ1n) is 26.1. The van der Waals surface area contributed by atoms with Gasteiger partial charge in [-0.2, -0.15) is 8.42 Å². The molecular weight excluding hydrogens is 825 g/mol. The summed E-state index contributed by atoms with van der Waals surface area (Å²) in [6, 6.07) is 0. The Morgan fingerprint density at radius 3 is 1.16 bits per heavy atom. The lowest BCUT2D eigenvalue weighted by atomic mass is 10.00. The summed E-state index contributed by atoms with van der Waals surface area (Å²) in [4.78, 5) is 25.5. The lowest BCUT2D eigenvalue weighted by molar-refractivity contribution is -0.297. The first-order chi connectivity index (χ1) is 30.5. The summed E-state index contributed by atoms with van der Waals surface area (Å²) in [5, 5.41) is 31.0. The molecule has 0 bridgehead atoms. The molecule has 0 amide bonds. The van der Waals surface area contributed by atoms with Crippen molar-refractivity contribution < 1.29 is 56.8 Å². The molecule has 1 saturated heterocycles. The Kier molecular flexibility index (Phi) is 38.7. The fourth-order valence-electron chi connectivity index (χ4n) is 8.39. The van der Waals surface area contributed by atoms with Crippen molar-refractivity contribution in [3.63, 3.8) is 0 Å². The molecule has 0 aliphatic carbocycles. The summed E-state index contributed by atoms with van der Waals surface area (Å²) >= 11 is 0. The van der Waals surface area contributed by atoms with Crippen LogP contribution in [0.25, 0.3) is 0 Å². The smallest absolute Gasteiger partial charge is 0.306 e. The van der Waals surface area contributed by atoms with Gasteiger partial charge < -0.3 is 34.3 Å². The maximum Gasteiger partial charge on any atom is 0.306 e. The number of ether oxygens (including phenoxy) is 4. The fraction of sp³-hybridized carbons (Fsp3) is 0.960. The van der Waals surface area contributed by atoms with Crippen molar-refractivity contribution in [2.24, 2.45) is 0 Å². The van der Waals surface area contributed by atoms with Gasteiger partial charge in [0.25, 0.3) is 10.1 Å². The molecule has 1 aliphatic heterocycles. The second-order valence-corrected chi connectivity index (χ2v) is 20.1. The second kappa shape index (κ2) is 40.9. The Balaban J connectivity index is 2.35. The summed E-state index contributed by atoms with van der Waals surface area (Å²) in [5.74, 6) is -1.96. The Labute approximate surface area is 384 Å². The number of carbonyl (C=O) groups is 2. The van der Waals surface area contributed by atoms with E-state index in [2.05, 4.69) is 13.8 Å². The minimum atomic E-state index is -4.60. The van der Waals surface area contributed by atoms with Crippen molar-refractivity contribution in [1.29, 1.82) is 0 Å². The lowest BCUT2D eigenvalue weighted by Crippen LogP contribution is -2.60. The molecular formula is C50H96O12S. The van der Waals surface area contributed by atoms with Crippen molar-refractivity contribution in [2.75, 3.05) is 19.0 Å². The van der Waals surface area contributed by atoms with Crippen LogP contribution < -0.4 is 0 Å². The maximum absolute atomic E-state index is 12.9. The van der Waals surface area contributed by atoms with Gasteiger partial charge in [-0.25, -0.2) is 0 Å². The predicted octanol–water partition coefficient (Wildman–Crippen LogP) is 11.6. The number of aliphatic hydroxyl groups excluding tert-OH is 3. The van der Waals surface area contributed by atoms with Gasteiger partial charge in [-0.3, -0.25) is 14.1 Å². The Morgan fingerprint density at radius 2 is 0.810 bits per heavy atom. The third-order valence-electron chi connectivity index (χ3n) is 12.4. The van der Waals surface area contributed by atoms with Crippen molar-refractivity contribution in [3.05, 3.63) is 0 Å². The highest BCUT2D eigenvalue weighted by atomic mass is 32.2. The minimum absolute atomic E-state index is 0.173. The van der Waals surface area contributed by atoms with Gasteiger partial charge in [-0.1, -0.05) is 226 Å². The Bertz CT molecular complexity index is 1170. The molecule has 1 aliphatic rings. The quantitative estimate of drug-likeness (QED) is 0.0258. The van der Waals surface area contributed by atoms with Crippen molar-refractivity contribution in [2.45, 2.75) is 288 Å². The molecule has 13 heteroatoms. The number of aliphatic hydroxyl groups is 3. The van der Waals surface area contributed by atoms with E-state index in [4.69, 9.17) is 18.9 Å². The molecule has 0 radical (unpaired) electrons. The molecule has 0 aromatic rings. The van der Waals surface area contributed by atoms with E-state index >= 15 is 0 Å². The third kappa shape index (κ3) is 35.5. The zero-order chi connectivity index (χ0) is 46.2. The minimum Gasteiger partial charge on any atom is -0.462 e. The van der Waals surface area contributed by atoms with Gasteiger partial charge in [0, 0.05) is 12.8 Å². The number of carbonyl (C=O) groups excluding carboxylic acids is 2. The number of unbranched alkanes of at least 4 members (excludes halogenated alkanes) is 33. The van der Waals surface area contributed by atoms with Crippen molar-refractivity contribution in [3.8, 4) is 0 Å². The second-order valence-electron chi connectivity index (χ2n) is 18.6. The zero-order valence-electron chi connectivity index (χ0n) is 40.2. The fourth-order valence-corrected chi connectivity index (χ4v) is 9.08. The molecule has 4 N–H and O–H groups in total. The van der Waals surface area contributed by atoms with Gasteiger partial charge in [0.2, 0.25) is 0 Å². The van der Waals surface area contributed by atoms with Crippen LogP contribution in [0.1, 0.15) is 251 Å². The summed E-state index contributed by atoms with van der Waals surface area (Å²) in [7, 11) is -4.60. The van der Waals surface area contributed by atoms with E-state index in [1.807, 2.05) is 0 Å². The molecule has 0 saturated carbocycles. The molecule has 6 atom stereocenters. The standard InChI is InChI=1S/C50H96O12S/c1-3-5-7-9-11-13-15-17-19-21-22-23-25-27-29-31-33-35-37-39-46(52)61-43(41-60-50-49(55)48(54)47(53)44(62-50)42-63(56,57)58)40-59-45(51)38-36-34-32-30-28-26-24-20-18-16-14-12-10-8-6-4-2/h43-44,47-50,53-55H,3-42H2,1-2H3,(H,56,57,58)/t43-,44-,47-,48?,49?,50+/m1/s1. The van der Waals surface area contributed by atoms with Crippen LogP contribution in [0.3, 0.4) is 0 Å². The molecule has 374 valence electrons. The Morgan fingerprint density at radius 1 is 0.476 bits per heavy atom. The first kappa shape index (κ1) is 59.7. The molecule has 0 spiro atoms. The molecule has 2 unspecified atom stereocenters. The summed E-state index contributed by atoms with van der Waals surface area (Å²) < 4.78 is 54.3. The van der Waals surface area contributed by atoms with Crippen LogP contribution in [0.15, 0.2) is 0 Å². The number of hydrogen-bond acceptors (Lipinski definition) is 11. The van der Waals surface area contributed by atoms with Gasteiger partial charge in [-0.05, 0) is 12.8 Å². The topological polar surface area (TPSA) is 186 Å².